The maximum atomic E-state index is 13.2. The molecule has 2 N–H and O–H groups in total. The van der Waals surface area contributed by atoms with Gasteiger partial charge in [0.15, 0.2) is 0 Å². The molecule has 0 radical (unpaired) electrons. The van der Waals surface area contributed by atoms with Crippen molar-refractivity contribution in [2.45, 2.75) is 19.8 Å². The Morgan fingerprint density at radius 3 is 2.36 bits per heavy atom. The molecule has 0 bridgehead atoms. The molecule has 0 aliphatic heterocycles. The summed E-state index contributed by atoms with van der Waals surface area (Å²) < 4.78 is 26.4. The fourth-order valence-corrected chi connectivity index (χ4v) is 1.46. The van der Waals surface area contributed by atoms with Crippen LogP contribution in [0, 0.1) is 17.6 Å². The molecule has 1 nitrogen and oxygen atoms in total. The summed E-state index contributed by atoms with van der Waals surface area (Å²) in [4.78, 5) is 0. The van der Waals surface area contributed by atoms with Gasteiger partial charge in [0, 0.05) is 5.56 Å². The van der Waals surface area contributed by atoms with Gasteiger partial charge in [-0.3, -0.25) is 0 Å². The van der Waals surface area contributed by atoms with Gasteiger partial charge in [0.05, 0.1) is 0 Å². The zero-order chi connectivity index (χ0) is 10.6. The Bertz CT molecular complexity index is 279. The lowest BCUT2D eigenvalue weighted by molar-refractivity contribution is 0.489. The first-order valence-electron chi connectivity index (χ1n) is 4.78. The molecule has 1 atom stereocenters. The molecular formula is C11H15F2N. The number of nitrogens with two attached hydrogens (primary N) is 1. The van der Waals surface area contributed by atoms with Gasteiger partial charge >= 0.3 is 0 Å². The van der Waals surface area contributed by atoms with E-state index in [2.05, 4.69) is 0 Å². The minimum atomic E-state index is -0.464. The molecule has 0 spiro atoms. The molecule has 0 saturated carbocycles. The number of rotatable bonds is 4. The minimum absolute atomic E-state index is 0.174. The van der Waals surface area contributed by atoms with Crippen LogP contribution in [0.25, 0.3) is 0 Å². The van der Waals surface area contributed by atoms with Crippen molar-refractivity contribution in [3.8, 4) is 0 Å². The van der Waals surface area contributed by atoms with Crippen molar-refractivity contribution < 1.29 is 8.78 Å². The smallest absolute Gasteiger partial charge is 0.129 e. The van der Waals surface area contributed by atoms with Crippen LogP contribution in [0.4, 0.5) is 8.78 Å². The van der Waals surface area contributed by atoms with Crippen molar-refractivity contribution >= 4 is 0 Å². The van der Waals surface area contributed by atoms with Crippen LogP contribution < -0.4 is 5.73 Å². The Kier molecular flexibility index (Phi) is 4.01. The summed E-state index contributed by atoms with van der Waals surface area (Å²) >= 11 is 0. The SMILES string of the molecule is CC(CCN)Cc1c(F)cccc1F. The Morgan fingerprint density at radius 1 is 1.29 bits per heavy atom. The van der Waals surface area contributed by atoms with E-state index in [-0.39, 0.29) is 11.5 Å². The van der Waals surface area contributed by atoms with Gasteiger partial charge in [-0.15, -0.1) is 0 Å². The van der Waals surface area contributed by atoms with Crippen molar-refractivity contribution in [3.05, 3.63) is 35.4 Å². The van der Waals surface area contributed by atoms with Crippen LogP contribution in [-0.4, -0.2) is 6.54 Å². The summed E-state index contributed by atoms with van der Waals surface area (Å²) in [6.45, 7) is 2.50. The predicted octanol–water partition coefficient (Wildman–Crippen LogP) is 2.49. The highest BCUT2D eigenvalue weighted by molar-refractivity contribution is 5.20. The summed E-state index contributed by atoms with van der Waals surface area (Å²) in [6, 6.07) is 3.95. The molecule has 14 heavy (non-hydrogen) atoms. The summed E-state index contributed by atoms with van der Waals surface area (Å²) in [5.41, 5.74) is 5.55. The Labute approximate surface area is 82.9 Å². The largest absolute Gasteiger partial charge is 0.330 e. The maximum absolute atomic E-state index is 13.2. The highest BCUT2D eigenvalue weighted by Gasteiger charge is 2.11. The molecule has 0 amide bonds. The fourth-order valence-electron chi connectivity index (χ4n) is 1.46. The van der Waals surface area contributed by atoms with Crippen molar-refractivity contribution in [3.63, 3.8) is 0 Å². The Balaban J connectivity index is 2.75. The summed E-state index contributed by atoms with van der Waals surface area (Å²) in [5, 5.41) is 0. The van der Waals surface area contributed by atoms with Gasteiger partial charge in [0.2, 0.25) is 0 Å². The van der Waals surface area contributed by atoms with Gasteiger partial charge in [0.25, 0.3) is 0 Å². The quantitative estimate of drug-likeness (QED) is 0.792. The summed E-state index contributed by atoms with van der Waals surface area (Å²) in [7, 11) is 0. The minimum Gasteiger partial charge on any atom is -0.330 e. The molecule has 1 rings (SSSR count). The number of halogens is 2. The average Bonchev–Trinajstić information content (AvgIpc) is 2.12. The molecule has 0 aliphatic carbocycles. The van der Waals surface area contributed by atoms with Gasteiger partial charge < -0.3 is 5.73 Å². The third-order valence-corrected chi connectivity index (χ3v) is 2.27. The van der Waals surface area contributed by atoms with Gasteiger partial charge in [-0.1, -0.05) is 13.0 Å². The van der Waals surface area contributed by atoms with E-state index in [0.717, 1.165) is 6.42 Å². The van der Waals surface area contributed by atoms with E-state index in [9.17, 15) is 8.78 Å². The molecular weight excluding hydrogens is 184 g/mol. The van der Waals surface area contributed by atoms with Gasteiger partial charge in [-0.25, -0.2) is 8.78 Å². The maximum Gasteiger partial charge on any atom is 0.129 e. The van der Waals surface area contributed by atoms with E-state index in [0.29, 0.717) is 13.0 Å². The second-order valence-electron chi connectivity index (χ2n) is 3.59. The molecule has 0 aliphatic rings. The van der Waals surface area contributed by atoms with E-state index in [1.54, 1.807) is 0 Å². The standard InChI is InChI=1S/C11H15F2N/c1-8(5-6-14)7-9-10(12)3-2-4-11(9)13/h2-4,8H,5-7,14H2,1H3. The van der Waals surface area contributed by atoms with E-state index >= 15 is 0 Å². The third-order valence-electron chi connectivity index (χ3n) is 2.27. The molecule has 1 aromatic carbocycles. The van der Waals surface area contributed by atoms with E-state index < -0.39 is 11.6 Å². The summed E-state index contributed by atoms with van der Waals surface area (Å²) in [5.74, 6) is -0.714. The molecule has 3 heteroatoms. The molecule has 0 heterocycles. The number of hydrogen-bond acceptors (Lipinski definition) is 1. The molecule has 1 aromatic rings. The normalized spacial score (nSPS) is 12.9. The van der Waals surface area contributed by atoms with Crippen LogP contribution in [0.2, 0.25) is 0 Å². The molecule has 0 aromatic heterocycles. The van der Waals surface area contributed by atoms with Gasteiger partial charge in [0.1, 0.15) is 11.6 Å². The van der Waals surface area contributed by atoms with E-state index in [1.165, 1.54) is 18.2 Å². The highest BCUT2D eigenvalue weighted by atomic mass is 19.1. The van der Waals surface area contributed by atoms with Crippen LogP contribution in [0.1, 0.15) is 18.9 Å². The predicted molar refractivity (Wildman–Crippen MR) is 52.9 cm³/mol. The van der Waals surface area contributed by atoms with Crippen LogP contribution in [0.3, 0.4) is 0 Å². The van der Waals surface area contributed by atoms with Crippen molar-refractivity contribution in [2.24, 2.45) is 11.7 Å². The van der Waals surface area contributed by atoms with E-state index in [4.69, 9.17) is 5.73 Å². The second-order valence-corrected chi connectivity index (χ2v) is 3.59. The third kappa shape index (κ3) is 2.77. The van der Waals surface area contributed by atoms with Crippen LogP contribution in [0.5, 0.6) is 0 Å². The Hall–Kier alpha value is -0.960. The van der Waals surface area contributed by atoms with Crippen LogP contribution >= 0.6 is 0 Å². The molecule has 0 saturated heterocycles. The topological polar surface area (TPSA) is 26.0 Å². The first-order valence-corrected chi connectivity index (χ1v) is 4.78. The zero-order valence-corrected chi connectivity index (χ0v) is 8.26. The lowest BCUT2D eigenvalue weighted by Crippen LogP contribution is -2.10. The first kappa shape index (κ1) is 11.1. The fraction of sp³-hybridized carbons (Fsp3) is 0.455. The lowest BCUT2D eigenvalue weighted by Gasteiger charge is -2.11. The lowest BCUT2D eigenvalue weighted by atomic mass is 9.97. The number of hydrogen-bond donors (Lipinski definition) is 1. The Morgan fingerprint density at radius 2 is 1.86 bits per heavy atom. The van der Waals surface area contributed by atoms with Crippen molar-refractivity contribution in [2.75, 3.05) is 6.54 Å². The van der Waals surface area contributed by atoms with E-state index in [1.807, 2.05) is 6.92 Å². The zero-order valence-electron chi connectivity index (χ0n) is 8.26. The highest BCUT2D eigenvalue weighted by Crippen LogP contribution is 2.17. The van der Waals surface area contributed by atoms with Crippen molar-refractivity contribution in [1.82, 2.24) is 0 Å². The average molecular weight is 199 g/mol. The van der Waals surface area contributed by atoms with Crippen LogP contribution in [0.15, 0.2) is 18.2 Å². The second kappa shape index (κ2) is 5.05. The first-order chi connectivity index (χ1) is 6.65. The number of benzene rings is 1. The van der Waals surface area contributed by atoms with Crippen molar-refractivity contribution in [1.29, 1.82) is 0 Å². The molecule has 1 unspecified atom stereocenters. The monoisotopic (exact) mass is 199 g/mol. The summed E-state index contributed by atoms with van der Waals surface area (Å²) in [6.07, 6.45) is 1.20. The van der Waals surface area contributed by atoms with Gasteiger partial charge in [-0.05, 0) is 37.4 Å². The van der Waals surface area contributed by atoms with Gasteiger partial charge in [-0.2, -0.15) is 0 Å². The molecule has 78 valence electrons. The van der Waals surface area contributed by atoms with Crippen LogP contribution in [-0.2, 0) is 6.42 Å². The molecule has 0 fully saturated rings.